The number of ether oxygens (including phenoxy) is 1. The molecule has 1 saturated heterocycles. The lowest BCUT2D eigenvalue weighted by molar-refractivity contribution is -0.126. The molecular formula is C24H32N2O4S. The van der Waals surface area contributed by atoms with Crippen molar-refractivity contribution in [1.29, 1.82) is 0 Å². The topological polar surface area (TPSA) is 75.7 Å². The molecule has 0 radical (unpaired) electrons. The number of nitrogens with zero attached hydrogens (tertiary/aromatic N) is 1. The zero-order chi connectivity index (χ0) is 22.3. The molecule has 1 amide bonds. The van der Waals surface area contributed by atoms with Crippen LogP contribution in [0.4, 0.5) is 0 Å². The van der Waals surface area contributed by atoms with Gasteiger partial charge in [-0.2, -0.15) is 0 Å². The number of sulfonamides is 1. The number of aryl methyl sites for hydroxylation is 2. The van der Waals surface area contributed by atoms with Gasteiger partial charge in [0.1, 0.15) is 12.4 Å². The molecule has 1 aliphatic heterocycles. The maximum Gasteiger partial charge on any atom is 0.223 e. The number of carbonyl (C=O) groups is 1. The van der Waals surface area contributed by atoms with Crippen LogP contribution in [0.15, 0.2) is 48.5 Å². The molecule has 0 saturated carbocycles. The second-order valence-corrected chi connectivity index (χ2v) is 9.96. The first-order chi connectivity index (χ1) is 14.9. The highest BCUT2D eigenvalue weighted by Gasteiger charge is 2.31. The van der Waals surface area contributed by atoms with Crippen molar-refractivity contribution in [2.75, 3.05) is 26.2 Å². The van der Waals surface area contributed by atoms with Crippen LogP contribution in [0.5, 0.6) is 5.75 Å². The smallest absolute Gasteiger partial charge is 0.223 e. The van der Waals surface area contributed by atoms with Crippen molar-refractivity contribution < 1.29 is 17.9 Å². The number of hydrogen-bond donors (Lipinski definition) is 1. The lowest BCUT2D eigenvalue weighted by atomic mass is 9.97. The van der Waals surface area contributed by atoms with Gasteiger partial charge in [-0.3, -0.25) is 4.79 Å². The molecule has 3 rings (SSSR count). The number of carbonyl (C=O) groups excluding carboxylic acids is 1. The van der Waals surface area contributed by atoms with Crippen LogP contribution in [-0.2, 0) is 27.0 Å². The van der Waals surface area contributed by atoms with Crippen LogP contribution in [0, 0.1) is 12.8 Å². The van der Waals surface area contributed by atoms with Crippen LogP contribution in [0.1, 0.15) is 36.5 Å². The lowest BCUT2D eigenvalue weighted by Gasteiger charge is -2.30. The summed E-state index contributed by atoms with van der Waals surface area (Å²) in [7, 11) is -3.38. The first-order valence-corrected chi connectivity index (χ1v) is 12.5. The first-order valence-electron chi connectivity index (χ1n) is 10.9. The summed E-state index contributed by atoms with van der Waals surface area (Å²) in [5.74, 6) is 0.612. The Bertz CT molecular complexity index is 965. The average Bonchev–Trinajstić information content (AvgIpc) is 2.78. The molecule has 168 valence electrons. The monoisotopic (exact) mass is 444 g/mol. The standard InChI is InChI=1S/C24H32N2O4S/c1-3-20-8-10-23(11-9-20)30-17-14-25-24(27)21-12-15-26(16-13-21)31(28,29)18-22-7-5-4-6-19(22)2/h4-11,21H,3,12-18H2,1-2H3,(H,25,27). The van der Waals surface area contributed by atoms with Crippen LogP contribution in [-0.4, -0.2) is 44.9 Å². The fraction of sp³-hybridized carbons (Fsp3) is 0.458. The van der Waals surface area contributed by atoms with Crippen LogP contribution >= 0.6 is 0 Å². The molecule has 2 aromatic carbocycles. The molecular weight excluding hydrogens is 412 g/mol. The van der Waals surface area contributed by atoms with Gasteiger partial charge in [0.25, 0.3) is 0 Å². The Hall–Kier alpha value is -2.38. The normalized spacial score (nSPS) is 15.5. The third-order valence-corrected chi connectivity index (χ3v) is 7.65. The van der Waals surface area contributed by atoms with E-state index in [0.717, 1.165) is 23.3 Å². The first kappa shape index (κ1) is 23.3. The summed E-state index contributed by atoms with van der Waals surface area (Å²) in [6.45, 7) is 5.63. The largest absolute Gasteiger partial charge is 0.492 e. The maximum absolute atomic E-state index is 12.8. The van der Waals surface area contributed by atoms with E-state index in [1.165, 1.54) is 9.87 Å². The molecule has 0 atom stereocenters. The van der Waals surface area contributed by atoms with Gasteiger partial charge >= 0.3 is 0 Å². The van der Waals surface area contributed by atoms with E-state index in [-0.39, 0.29) is 17.6 Å². The predicted octanol–water partition coefficient (Wildman–Crippen LogP) is 3.29. The van der Waals surface area contributed by atoms with Crippen molar-refractivity contribution in [2.24, 2.45) is 5.92 Å². The molecule has 0 spiro atoms. The molecule has 2 aromatic rings. The second-order valence-electron chi connectivity index (χ2n) is 7.99. The summed E-state index contributed by atoms with van der Waals surface area (Å²) < 4.78 is 32.7. The Kier molecular flexibility index (Phi) is 8.09. The van der Waals surface area contributed by atoms with Gasteiger partial charge in [-0.1, -0.05) is 43.3 Å². The van der Waals surface area contributed by atoms with Gasteiger partial charge in [0.2, 0.25) is 15.9 Å². The highest BCUT2D eigenvalue weighted by molar-refractivity contribution is 7.88. The van der Waals surface area contributed by atoms with E-state index in [9.17, 15) is 13.2 Å². The molecule has 31 heavy (non-hydrogen) atoms. The van der Waals surface area contributed by atoms with Crippen molar-refractivity contribution in [3.05, 3.63) is 65.2 Å². The molecule has 1 aliphatic rings. The maximum atomic E-state index is 12.8. The second kappa shape index (κ2) is 10.8. The van der Waals surface area contributed by atoms with E-state index in [0.29, 0.717) is 39.1 Å². The fourth-order valence-corrected chi connectivity index (χ4v) is 5.43. The van der Waals surface area contributed by atoms with Gasteiger partial charge in [0.05, 0.1) is 12.3 Å². The predicted molar refractivity (Wildman–Crippen MR) is 122 cm³/mol. The zero-order valence-corrected chi connectivity index (χ0v) is 19.2. The number of rotatable bonds is 9. The van der Waals surface area contributed by atoms with Gasteiger partial charge in [-0.15, -0.1) is 0 Å². The molecule has 7 heteroatoms. The molecule has 1 heterocycles. The Morgan fingerprint density at radius 2 is 1.77 bits per heavy atom. The van der Waals surface area contributed by atoms with Gasteiger partial charge in [-0.05, 0) is 55.0 Å². The number of piperidine rings is 1. The van der Waals surface area contributed by atoms with Gasteiger partial charge in [-0.25, -0.2) is 12.7 Å². The van der Waals surface area contributed by atoms with E-state index in [1.807, 2.05) is 55.5 Å². The third kappa shape index (κ3) is 6.55. The summed E-state index contributed by atoms with van der Waals surface area (Å²) in [5, 5.41) is 2.91. The Morgan fingerprint density at radius 3 is 2.42 bits per heavy atom. The fourth-order valence-electron chi connectivity index (χ4n) is 3.76. The van der Waals surface area contributed by atoms with E-state index in [1.54, 1.807) is 0 Å². The highest BCUT2D eigenvalue weighted by atomic mass is 32.2. The van der Waals surface area contributed by atoms with E-state index >= 15 is 0 Å². The summed E-state index contributed by atoms with van der Waals surface area (Å²) in [6.07, 6.45) is 2.07. The minimum absolute atomic E-state index is 0.00705. The van der Waals surface area contributed by atoms with Crippen molar-refractivity contribution in [2.45, 2.75) is 38.9 Å². The van der Waals surface area contributed by atoms with Crippen LogP contribution in [0.25, 0.3) is 0 Å². The molecule has 0 bridgehead atoms. The summed E-state index contributed by atoms with van der Waals surface area (Å²) in [4.78, 5) is 12.5. The molecule has 0 aromatic heterocycles. The molecule has 1 N–H and O–H groups in total. The van der Waals surface area contributed by atoms with Crippen molar-refractivity contribution in [3.63, 3.8) is 0 Å². The average molecular weight is 445 g/mol. The molecule has 6 nitrogen and oxygen atoms in total. The van der Waals surface area contributed by atoms with Crippen molar-refractivity contribution in [1.82, 2.24) is 9.62 Å². The van der Waals surface area contributed by atoms with Crippen LogP contribution < -0.4 is 10.1 Å². The molecule has 1 fully saturated rings. The highest BCUT2D eigenvalue weighted by Crippen LogP contribution is 2.22. The van der Waals surface area contributed by atoms with Crippen molar-refractivity contribution in [3.8, 4) is 5.75 Å². The number of hydrogen-bond acceptors (Lipinski definition) is 4. The van der Waals surface area contributed by atoms with Crippen LogP contribution in [0.2, 0.25) is 0 Å². The Balaban J connectivity index is 1.40. The van der Waals surface area contributed by atoms with E-state index in [4.69, 9.17) is 4.74 Å². The van der Waals surface area contributed by atoms with Gasteiger partial charge in [0, 0.05) is 19.0 Å². The minimum Gasteiger partial charge on any atom is -0.492 e. The summed E-state index contributed by atoms with van der Waals surface area (Å²) in [5.41, 5.74) is 3.06. The zero-order valence-electron chi connectivity index (χ0n) is 18.3. The Labute approximate surface area is 185 Å². The molecule has 0 aliphatic carbocycles. The van der Waals surface area contributed by atoms with Crippen LogP contribution in [0.3, 0.4) is 0 Å². The number of benzene rings is 2. The lowest BCUT2D eigenvalue weighted by Crippen LogP contribution is -2.44. The van der Waals surface area contributed by atoms with E-state index in [2.05, 4.69) is 12.2 Å². The third-order valence-electron chi connectivity index (χ3n) is 5.82. The van der Waals surface area contributed by atoms with Gasteiger partial charge < -0.3 is 10.1 Å². The minimum atomic E-state index is -3.38. The Morgan fingerprint density at radius 1 is 1.10 bits per heavy atom. The molecule has 0 unspecified atom stereocenters. The SMILES string of the molecule is CCc1ccc(OCCNC(=O)C2CCN(S(=O)(=O)Cc3ccccc3C)CC2)cc1. The van der Waals surface area contributed by atoms with E-state index < -0.39 is 10.0 Å². The summed E-state index contributed by atoms with van der Waals surface area (Å²) in [6, 6.07) is 15.5. The quantitative estimate of drug-likeness (QED) is 0.602. The summed E-state index contributed by atoms with van der Waals surface area (Å²) >= 11 is 0. The van der Waals surface area contributed by atoms with Gasteiger partial charge in [0.15, 0.2) is 0 Å². The number of nitrogens with one attached hydrogen (secondary N) is 1. The van der Waals surface area contributed by atoms with Crippen molar-refractivity contribution >= 4 is 15.9 Å². The number of amides is 1.